The topological polar surface area (TPSA) is 72.9 Å². The van der Waals surface area contributed by atoms with Crippen molar-refractivity contribution in [3.05, 3.63) is 42.0 Å². The Labute approximate surface area is 148 Å². The zero-order valence-corrected chi connectivity index (χ0v) is 14.6. The molecule has 0 bridgehead atoms. The number of allylic oxidation sites excluding steroid dienone is 1. The van der Waals surface area contributed by atoms with Crippen LogP contribution in [0, 0.1) is 5.92 Å². The van der Waals surface area contributed by atoms with Crippen LogP contribution >= 0.6 is 0 Å². The van der Waals surface area contributed by atoms with E-state index >= 15 is 0 Å². The van der Waals surface area contributed by atoms with Crippen LogP contribution in [-0.4, -0.2) is 54.7 Å². The molecule has 134 valence electrons. The molecule has 2 aliphatic heterocycles. The number of anilines is 1. The zero-order valence-electron chi connectivity index (χ0n) is 14.6. The van der Waals surface area contributed by atoms with E-state index in [-0.39, 0.29) is 5.91 Å². The average molecular weight is 343 g/mol. The van der Waals surface area contributed by atoms with Gasteiger partial charge in [0.25, 0.3) is 0 Å². The lowest BCUT2D eigenvalue weighted by Crippen LogP contribution is -2.39. The third-order valence-electron chi connectivity index (χ3n) is 5.20. The normalized spacial score (nSPS) is 23.9. The Morgan fingerprint density at radius 3 is 2.76 bits per heavy atom. The van der Waals surface area contributed by atoms with E-state index < -0.39 is 18.1 Å². The lowest BCUT2D eigenvalue weighted by atomic mass is 9.99. The number of hydrogen-bond donors (Lipinski definition) is 2. The highest BCUT2D eigenvalue weighted by molar-refractivity contribution is 5.98. The molecule has 0 saturated carbocycles. The standard InChI is InChI=1S/C19H25N3O3/c1-3-4-16-17(20-19(24)25)12-22(18(16)23)15-6-5-13-7-9-21(2)10-8-14(13)11-15/h3,5-6,11,16-17,20H,1,4,7-10,12H2,2H3,(H,24,25)/t16-,17+/m1/s1. The zero-order chi connectivity index (χ0) is 18.0. The number of nitrogens with one attached hydrogen (secondary N) is 1. The second-order valence-corrected chi connectivity index (χ2v) is 6.89. The molecule has 25 heavy (non-hydrogen) atoms. The molecule has 2 aliphatic rings. The van der Waals surface area contributed by atoms with E-state index in [1.807, 2.05) is 6.07 Å². The number of carbonyl (C=O) groups excluding carboxylic acids is 1. The maximum absolute atomic E-state index is 12.8. The summed E-state index contributed by atoms with van der Waals surface area (Å²) in [7, 11) is 2.12. The van der Waals surface area contributed by atoms with E-state index in [4.69, 9.17) is 5.11 Å². The fourth-order valence-electron chi connectivity index (χ4n) is 3.76. The summed E-state index contributed by atoms with van der Waals surface area (Å²) in [5.41, 5.74) is 3.48. The van der Waals surface area contributed by atoms with E-state index in [0.29, 0.717) is 13.0 Å². The van der Waals surface area contributed by atoms with Crippen LogP contribution in [0.3, 0.4) is 0 Å². The molecule has 2 N–H and O–H groups in total. The van der Waals surface area contributed by atoms with Crippen molar-refractivity contribution >= 4 is 17.7 Å². The Balaban J connectivity index is 1.85. The predicted octanol–water partition coefficient (Wildman–Crippen LogP) is 1.89. The molecule has 2 atom stereocenters. The van der Waals surface area contributed by atoms with Gasteiger partial charge in [0.15, 0.2) is 0 Å². The average Bonchev–Trinajstić information content (AvgIpc) is 2.76. The van der Waals surface area contributed by atoms with E-state index in [1.165, 1.54) is 11.1 Å². The number of nitrogens with zero attached hydrogens (tertiary/aromatic N) is 2. The molecule has 2 heterocycles. The van der Waals surface area contributed by atoms with Crippen molar-refractivity contribution in [3.8, 4) is 0 Å². The molecule has 1 aromatic carbocycles. The van der Waals surface area contributed by atoms with Gasteiger partial charge in [0.1, 0.15) is 0 Å². The van der Waals surface area contributed by atoms with Crippen LogP contribution in [-0.2, 0) is 17.6 Å². The minimum Gasteiger partial charge on any atom is -0.465 e. The van der Waals surface area contributed by atoms with Crippen molar-refractivity contribution < 1.29 is 14.7 Å². The van der Waals surface area contributed by atoms with Crippen molar-refractivity contribution in [2.45, 2.75) is 25.3 Å². The molecule has 0 spiro atoms. The molecule has 6 heteroatoms. The Hall–Kier alpha value is -2.34. The molecule has 0 aliphatic carbocycles. The summed E-state index contributed by atoms with van der Waals surface area (Å²) < 4.78 is 0. The summed E-state index contributed by atoms with van der Waals surface area (Å²) in [6.07, 6.45) is 3.03. The predicted molar refractivity (Wildman–Crippen MR) is 97.0 cm³/mol. The van der Waals surface area contributed by atoms with Gasteiger partial charge in [-0.1, -0.05) is 12.1 Å². The highest BCUT2D eigenvalue weighted by Crippen LogP contribution is 2.30. The smallest absolute Gasteiger partial charge is 0.404 e. The van der Waals surface area contributed by atoms with Gasteiger partial charge in [-0.05, 0) is 49.6 Å². The number of amides is 2. The number of fused-ring (bicyclic) bond motifs is 1. The highest BCUT2D eigenvalue weighted by atomic mass is 16.4. The summed E-state index contributed by atoms with van der Waals surface area (Å²) in [4.78, 5) is 27.9. The molecule has 6 nitrogen and oxygen atoms in total. The van der Waals surface area contributed by atoms with Crippen LogP contribution in [0.25, 0.3) is 0 Å². The summed E-state index contributed by atoms with van der Waals surface area (Å²) in [6.45, 7) is 6.11. The SMILES string of the molecule is C=CC[C@H]1C(=O)N(c2ccc3c(c2)CCN(C)CC3)C[C@@H]1NC(=O)O. The molecule has 1 saturated heterocycles. The second-order valence-electron chi connectivity index (χ2n) is 6.89. The van der Waals surface area contributed by atoms with Gasteiger partial charge in [-0.3, -0.25) is 4.79 Å². The van der Waals surface area contributed by atoms with Gasteiger partial charge in [0.2, 0.25) is 5.91 Å². The third kappa shape index (κ3) is 3.69. The lowest BCUT2D eigenvalue weighted by molar-refractivity contribution is -0.120. The monoisotopic (exact) mass is 343 g/mol. The number of rotatable bonds is 4. The van der Waals surface area contributed by atoms with E-state index in [9.17, 15) is 9.59 Å². The molecule has 0 unspecified atom stereocenters. The van der Waals surface area contributed by atoms with Gasteiger partial charge in [-0.25, -0.2) is 4.79 Å². The van der Waals surface area contributed by atoms with E-state index in [2.05, 4.69) is 36.0 Å². The summed E-state index contributed by atoms with van der Waals surface area (Å²) >= 11 is 0. The Bertz CT molecular complexity index is 688. The van der Waals surface area contributed by atoms with Crippen LogP contribution in [0.1, 0.15) is 17.5 Å². The molecule has 2 amide bonds. The van der Waals surface area contributed by atoms with Crippen molar-refractivity contribution in [1.29, 1.82) is 0 Å². The molecule has 1 fully saturated rings. The first-order valence-electron chi connectivity index (χ1n) is 8.71. The van der Waals surface area contributed by atoms with Crippen LogP contribution in [0.15, 0.2) is 30.9 Å². The van der Waals surface area contributed by atoms with Gasteiger partial charge in [-0.2, -0.15) is 0 Å². The lowest BCUT2D eigenvalue weighted by Gasteiger charge is -2.19. The fourth-order valence-corrected chi connectivity index (χ4v) is 3.76. The van der Waals surface area contributed by atoms with Gasteiger partial charge >= 0.3 is 6.09 Å². The molecule has 0 radical (unpaired) electrons. The van der Waals surface area contributed by atoms with Crippen LogP contribution < -0.4 is 10.2 Å². The van der Waals surface area contributed by atoms with Gasteiger partial charge in [-0.15, -0.1) is 6.58 Å². The van der Waals surface area contributed by atoms with E-state index in [1.54, 1.807) is 11.0 Å². The largest absolute Gasteiger partial charge is 0.465 e. The van der Waals surface area contributed by atoms with Gasteiger partial charge in [0.05, 0.1) is 12.0 Å². The molecular weight excluding hydrogens is 318 g/mol. The van der Waals surface area contributed by atoms with Crippen molar-refractivity contribution in [3.63, 3.8) is 0 Å². The van der Waals surface area contributed by atoms with Crippen molar-refractivity contribution in [2.24, 2.45) is 5.92 Å². The molecule has 0 aromatic heterocycles. The summed E-state index contributed by atoms with van der Waals surface area (Å²) in [5, 5.41) is 11.5. The minimum absolute atomic E-state index is 0.0376. The molecule has 1 aromatic rings. The summed E-state index contributed by atoms with van der Waals surface area (Å²) in [6, 6.07) is 5.78. The third-order valence-corrected chi connectivity index (χ3v) is 5.20. The first kappa shape index (κ1) is 17.5. The fraction of sp³-hybridized carbons (Fsp3) is 0.474. The van der Waals surface area contributed by atoms with Gasteiger partial charge in [0, 0.05) is 25.3 Å². The van der Waals surface area contributed by atoms with Crippen LogP contribution in [0.4, 0.5) is 10.5 Å². The molecule has 3 rings (SSSR count). The highest BCUT2D eigenvalue weighted by Gasteiger charge is 2.41. The maximum atomic E-state index is 12.8. The second kappa shape index (κ2) is 7.27. The Morgan fingerprint density at radius 1 is 1.36 bits per heavy atom. The number of carbonyl (C=O) groups is 2. The van der Waals surface area contributed by atoms with Crippen LogP contribution in [0.2, 0.25) is 0 Å². The number of hydrogen-bond acceptors (Lipinski definition) is 3. The maximum Gasteiger partial charge on any atom is 0.404 e. The first-order valence-corrected chi connectivity index (χ1v) is 8.71. The van der Waals surface area contributed by atoms with Crippen LogP contribution in [0.5, 0.6) is 0 Å². The molecular formula is C19H25N3O3. The number of benzene rings is 1. The number of carboxylic acid groups (broad SMARTS) is 1. The van der Waals surface area contributed by atoms with Crippen molar-refractivity contribution in [2.75, 3.05) is 31.6 Å². The first-order chi connectivity index (χ1) is 12.0. The Morgan fingerprint density at radius 2 is 2.08 bits per heavy atom. The van der Waals surface area contributed by atoms with E-state index in [0.717, 1.165) is 31.6 Å². The quantitative estimate of drug-likeness (QED) is 0.819. The number of likely N-dealkylation sites (N-methyl/N-ethyl adjacent to an activating group) is 1. The van der Waals surface area contributed by atoms with Crippen molar-refractivity contribution in [1.82, 2.24) is 10.2 Å². The summed E-state index contributed by atoms with van der Waals surface area (Å²) in [5.74, 6) is -0.428. The van der Waals surface area contributed by atoms with Gasteiger partial charge < -0.3 is 20.2 Å². The minimum atomic E-state index is -1.10. The Kier molecular flexibility index (Phi) is 5.08.